The molecule has 0 spiro atoms. The molecule has 0 saturated carbocycles. The van der Waals surface area contributed by atoms with Crippen LogP contribution in [0.25, 0.3) is 0 Å². The van der Waals surface area contributed by atoms with E-state index < -0.39 is 0 Å². The summed E-state index contributed by atoms with van der Waals surface area (Å²) in [5, 5.41) is 6.96. The van der Waals surface area contributed by atoms with E-state index in [0.29, 0.717) is 28.4 Å². The van der Waals surface area contributed by atoms with Crippen LogP contribution in [0, 0.1) is 5.82 Å². The van der Waals surface area contributed by atoms with Gasteiger partial charge in [0.2, 0.25) is 0 Å². The van der Waals surface area contributed by atoms with Crippen LogP contribution >= 0.6 is 0 Å². The van der Waals surface area contributed by atoms with E-state index in [1.54, 1.807) is 53.3 Å². The van der Waals surface area contributed by atoms with Crippen molar-refractivity contribution in [3.05, 3.63) is 71.7 Å². The van der Waals surface area contributed by atoms with E-state index in [1.807, 2.05) is 0 Å². The van der Waals surface area contributed by atoms with Crippen molar-refractivity contribution in [3.8, 4) is 11.5 Å². The number of aromatic nitrogens is 2. The molecule has 0 fully saturated rings. The molecule has 0 saturated heterocycles. The van der Waals surface area contributed by atoms with E-state index in [4.69, 9.17) is 9.47 Å². The lowest BCUT2D eigenvalue weighted by molar-refractivity contribution is 0.102. The maximum Gasteiger partial charge on any atom is 0.257 e. The lowest BCUT2D eigenvalue weighted by atomic mass is 10.2. The fraction of sp³-hybridized carbons (Fsp3) is 0.158. The summed E-state index contributed by atoms with van der Waals surface area (Å²) in [4.78, 5) is 12.4. The Morgan fingerprint density at radius 2 is 1.81 bits per heavy atom. The molecular formula is C19H18FN3O3. The third-order valence-electron chi connectivity index (χ3n) is 3.79. The van der Waals surface area contributed by atoms with E-state index in [9.17, 15) is 9.18 Å². The minimum Gasteiger partial charge on any atom is -0.497 e. The zero-order chi connectivity index (χ0) is 18.5. The van der Waals surface area contributed by atoms with Crippen LogP contribution in [0.15, 0.2) is 54.7 Å². The molecule has 1 N–H and O–H groups in total. The molecule has 3 aromatic rings. The van der Waals surface area contributed by atoms with Crippen molar-refractivity contribution in [2.75, 3.05) is 19.5 Å². The van der Waals surface area contributed by atoms with Gasteiger partial charge < -0.3 is 14.8 Å². The maximum absolute atomic E-state index is 13.7. The van der Waals surface area contributed by atoms with Crippen molar-refractivity contribution in [2.45, 2.75) is 6.54 Å². The number of methoxy groups -OCH3 is 2. The first kappa shape index (κ1) is 17.5. The number of benzene rings is 2. The van der Waals surface area contributed by atoms with Gasteiger partial charge in [0, 0.05) is 29.5 Å². The Bertz CT molecular complexity index is 902. The van der Waals surface area contributed by atoms with Gasteiger partial charge in [-0.1, -0.05) is 18.2 Å². The molecule has 1 heterocycles. The highest BCUT2D eigenvalue weighted by Crippen LogP contribution is 2.23. The van der Waals surface area contributed by atoms with Gasteiger partial charge in [-0.05, 0) is 18.2 Å². The Morgan fingerprint density at radius 3 is 2.46 bits per heavy atom. The first-order valence-corrected chi connectivity index (χ1v) is 7.90. The molecule has 1 aromatic heterocycles. The average Bonchev–Trinajstić information content (AvgIpc) is 3.10. The largest absolute Gasteiger partial charge is 0.497 e. The lowest BCUT2D eigenvalue weighted by Crippen LogP contribution is -2.13. The van der Waals surface area contributed by atoms with Crippen LogP contribution in [0.5, 0.6) is 11.5 Å². The average molecular weight is 355 g/mol. The number of nitrogens with one attached hydrogen (secondary N) is 1. The van der Waals surface area contributed by atoms with E-state index >= 15 is 0 Å². The predicted octanol–water partition coefficient (Wildman–Crippen LogP) is 3.34. The van der Waals surface area contributed by atoms with Gasteiger partial charge in [0.15, 0.2) is 5.82 Å². The van der Waals surface area contributed by atoms with Gasteiger partial charge in [-0.25, -0.2) is 4.39 Å². The molecule has 0 aliphatic heterocycles. The van der Waals surface area contributed by atoms with Crippen LogP contribution in [0.1, 0.15) is 15.9 Å². The van der Waals surface area contributed by atoms with Gasteiger partial charge in [0.1, 0.15) is 17.3 Å². The SMILES string of the molecule is COc1cc(OC)cc(C(=O)Nc2ccn(Cc3ccccc3F)n2)c1. The molecule has 3 rings (SSSR count). The second-order valence-electron chi connectivity index (χ2n) is 5.55. The van der Waals surface area contributed by atoms with Gasteiger partial charge >= 0.3 is 0 Å². The summed E-state index contributed by atoms with van der Waals surface area (Å²) in [5.74, 6) is 0.752. The highest BCUT2D eigenvalue weighted by Gasteiger charge is 2.12. The zero-order valence-electron chi connectivity index (χ0n) is 14.4. The molecule has 2 aromatic carbocycles. The number of hydrogen-bond donors (Lipinski definition) is 1. The van der Waals surface area contributed by atoms with E-state index in [-0.39, 0.29) is 18.3 Å². The number of carbonyl (C=O) groups excluding carboxylic acids is 1. The molecule has 0 atom stereocenters. The summed E-state index contributed by atoms with van der Waals surface area (Å²) in [5.41, 5.74) is 0.899. The first-order valence-electron chi connectivity index (χ1n) is 7.90. The van der Waals surface area contributed by atoms with E-state index in [2.05, 4.69) is 10.4 Å². The van der Waals surface area contributed by atoms with Crippen LogP contribution in [0.4, 0.5) is 10.2 Å². The van der Waals surface area contributed by atoms with Crippen LogP contribution < -0.4 is 14.8 Å². The Morgan fingerprint density at radius 1 is 1.12 bits per heavy atom. The maximum atomic E-state index is 13.7. The second kappa shape index (κ2) is 7.69. The van der Waals surface area contributed by atoms with Gasteiger partial charge in [-0.3, -0.25) is 9.48 Å². The van der Waals surface area contributed by atoms with Crippen LogP contribution in [-0.2, 0) is 6.54 Å². The number of halogens is 1. The number of amides is 1. The number of hydrogen-bond acceptors (Lipinski definition) is 4. The summed E-state index contributed by atoms with van der Waals surface area (Å²) < 4.78 is 25.6. The molecule has 0 bridgehead atoms. The standard InChI is InChI=1S/C19H18FN3O3/c1-25-15-9-14(10-16(11-15)26-2)19(24)21-18-7-8-23(22-18)12-13-5-3-4-6-17(13)20/h3-11H,12H2,1-2H3,(H,21,22,24). The topological polar surface area (TPSA) is 65.4 Å². The van der Waals surface area contributed by atoms with Crippen molar-refractivity contribution >= 4 is 11.7 Å². The van der Waals surface area contributed by atoms with Crippen molar-refractivity contribution in [1.82, 2.24) is 9.78 Å². The number of rotatable bonds is 6. The normalized spacial score (nSPS) is 10.4. The van der Waals surface area contributed by atoms with Gasteiger partial charge in [0.05, 0.1) is 20.8 Å². The Kier molecular flexibility index (Phi) is 5.17. The quantitative estimate of drug-likeness (QED) is 0.736. The van der Waals surface area contributed by atoms with Crippen LogP contribution in [0.2, 0.25) is 0 Å². The molecule has 134 valence electrons. The fourth-order valence-electron chi connectivity index (χ4n) is 2.44. The molecule has 1 amide bonds. The van der Waals surface area contributed by atoms with Gasteiger partial charge in [0.25, 0.3) is 5.91 Å². The van der Waals surface area contributed by atoms with Crippen LogP contribution in [0.3, 0.4) is 0 Å². The third-order valence-corrected chi connectivity index (χ3v) is 3.79. The van der Waals surface area contributed by atoms with Crippen molar-refractivity contribution in [2.24, 2.45) is 0 Å². The molecule has 0 unspecified atom stereocenters. The molecule has 0 aliphatic rings. The van der Waals surface area contributed by atoms with E-state index in [1.165, 1.54) is 20.3 Å². The lowest BCUT2D eigenvalue weighted by Gasteiger charge is -2.08. The molecule has 0 aliphatic carbocycles. The first-order chi connectivity index (χ1) is 12.6. The minimum absolute atomic E-state index is 0.273. The monoisotopic (exact) mass is 355 g/mol. The number of ether oxygens (including phenoxy) is 2. The van der Waals surface area contributed by atoms with Crippen LogP contribution in [-0.4, -0.2) is 29.9 Å². The summed E-state index contributed by atoms with van der Waals surface area (Å²) in [6.07, 6.45) is 1.67. The Labute approximate surface area is 150 Å². The zero-order valence-corrected chi connectivity index (χ0v) is 14.4. The molecular weight excluding hydrogens is 337 g/mol. The van der Waals surface area contributed by atoms with E-state index in [0.717, 1.165) is 0 Å². The highest BCUT2D eigenvalue weighted by molar-refractivity contribution is 6.04. The number of nitrogens with zero attached hydrogens (tertiary/aromatic N) is 2. The van der Waals surface area contributed by atoms with Crippen molar-refractivity contribution in [1.29, 1.82) is 0 Å². The van der Waals surface area contributed by atoms with Crippen molar-refractivity contribution < 1.29 is 18.7 Å². The second-order valence-corrected chi connectivity index (χ2v) is 5.55. The molecule has 6 nitrogen and oxygen atoms in total. The fourth-order valence-corrected chi connectivity index (χ4v) is 2.44. The van der Waals surface area contributed by atoms with Gasteiger partial charge in [-0.2, -0.15) is 5.10 Å². The molecule has 26 heavy (non-hydrogen) atoms. The number of carbonyl (C=O) groups is 1. The van der Waals surface area contributed by atoms with Crippen molar-refractivity contribution in [3.63, 3.8) is 0 Å². The summed E-state index contributed by atoms with van der Waals surface area (Å²) >= 11 is 0. The van der Waals surface area contributed by atoms with Gasteiger partial charge in [-0.15, -0.1) is 0 Å². The summed E-state index contributed by atoms with van der Waals surface area (Å²) in [6.45, 7) is 0.273. The smallest absolute Gasteiger partial charge is 0.257 e. The molecule has 7 heteroatoms. The highest BCUT2D eigenvalue weighted by atomic mass is 19.1. The Balaban J connectivity index is 1.73. The molecule has 0 radical (unpaired) electrons. The summed E-state index contributed by atoms with van der Waals surface area (Å²) in [7, 11) is 3.03. The number of anilines is 1. The Hall–Kier alpha value is -3.35. The summed E-state index contributed by atoms with van der Waals surface area (Å²) in [6, 6.07) is 13.0. The predicted molar refractivity (Wildman–Crippen MR) is 95.2 cm³/mol. The third kappa shape index (κ3) is 4.00. The minimum atomic E-state index is -0.349.